The van der Waals surface area contributed by atoms with Crippen molar-refractivity contribution in [3.8, 4) is 5.88 Å². The van der Waals surface area contributed by atoms with Gasteiger partial charge in [0.15, 0.2) is 5.65 Å². The molecule has 0 bridgehead atoms. The Labute approximate surface area is 97.8 Å². The highest BCUT2D eigenvalue weighted by molar-refractivity contribution is 5.35. The zero-order chi connectivity index (χ0) is 12.3. The van der Waals surface area contributed by atoms with Crippen molar-refractivity contribution in [3.63, 3.8) is 0 Å². The summed E-state index contributed by atoms with van der Waals surface area (Å²) in [5.41, 5.74) is 0.105. The lowest BCUT2D eigenvalue weighted by Crippen LogP contribution is -2.27. The van der Waals surface area contributed by atoms with Crippen molar-refractivity contribution in [2.45, 2.75) is 19.9 Å². The van der Waals surface area contributed by atoms with E-state index in [-0.39, 0.29) is 5.69 Å². The van der Waals surface area contributed by atoms with Crippen LogP contribution in [0, 0.1) is 0 Å². The number of hydrogen-bond donors (Lipinski definition) is 2. The number of nitrogens with one attached hydrogen (secondary N) is 2. The Kier molecular flexibility index (Phi) is 3.38. The van der Waals surface area contributed by atoms with Gasteiger partial charge in [0.1, 0.15) is 6.61 Å². The minimum absolute atomic E-state index is 0.370. The number of hydrogen-bond acceptors (Lipinski definition) is 5. The second kappa shape index (κ2) is 4.96. The Hall–Kier alpha value is -1.89. The Morgan fingerprint density at radius 3 is 3.12 bits per heavy atom. The summed E-state index contributed by atoms with van der Waals surface area (Å²) >= 11 is 0. The van der Waals surface area contributed by atoms with Crippen molar-refractivity contribution in [1.29, 1.82) is 0 Å². The van der Waals surface area contributed by atoms with E-state index in [0.29, 0.717) is 24.2 Å². The van der Waals surface area contributed by atoms with E-state index in [1.54, 1.807) is 12.1 Å². The van der Waals surface area contributed by atoms with E-state index in [1.165, 1.54) is 4.52 Å². The molecule has 2 rings (SSSR count). The van der Waals surface area contributed by atoms with E-state index >= 15 is 0 Å². The Morgan fingerprint density at radius 2 is 2.35 bits per heavy atom. The van der Waals surface area contributed by atoms with Crippen LogP contribution >= 0.6 is 0 Å². The van der Waals surface area contributed by atoms with Gasteiger partial charge in [0.25, 0.3) is 0 Å². The molecule has 2 aromatic rings. The second-order valence-corrected chi connectivity index (χ2v) is 3.93. The van der Waals surface area contributed by atoms with Gasteiger partial charge in [-0.05, 0) is 6.07 Å². The molecule has 0 unspecified atom stereocenters. The highest BCUT2D eigenvalue weighted by Gasteiger charge is 2.03. The molecule has 0 saturated heterocycles. The summed E-state index contributed by atoms with van der Waals surface area (Å²) in [5, 5.41) is 13.3. The molecule has 2 N–H and O–H groups in total. The molecule has 0 spiro atoms. The molecule has 0 atom stereocenters. The first-order valence-corrected chi connectivity index (χ1v) is 5.47. The summed E-state index contributed by atoms with van der Waals surface area (Å²) in [6.45, 7) is 5.37. The number of aromatic amines is 1. The largest absolute Gasteiger partial charge is 0.475 e. The van der Waals surface area contributed by atoms with Crippen LogP contribution in [-0.2, 0) is 0 Å². The third kappa shape index (κ3) is 2.82. The Morgan fingerprint density at radius 1 is 1.53 bits per heavy atom. The molecule has 0 aliphatic carbocycles. The predicted molar refractivity (Wildman–Crippen MR) is 62.2 cm³/mol. The molecule has 0 aliphatic heterocycles. The van der Waals surface area contributed by atoms with Crippen LogP contribution in [0.25, 0.3) is 5.65 Å². The third-order valence-corrected chi connectivity index (χ3v) is 2.15. The molecular formula is C10H15N5O2. The first-order chi connectivity index (χ1) is 8.16. The molecular weight excluding hydrogens is 222 g/mol. The average molecular weight is 237 g/mol. The molecule has 0 radical (unpaired) electrons. The van der Waals surface area contributed by atoms with Gasteiger partial charge in [-0.3, -0.25) is 0 Å². The van der Waals surface area contributed by atoms with Crippen molar-refractivity contribution in [3.05, 3.63) is 22.6 Å². The van der Waals surface area contributed by atoms with Crippen LogP contribution in [0.3, 0.4) is 0 Å². The zero-order valence-electron chi connectivity index (χ0n) is 9.80. The van der Waals surface area contributed by atoms with E-state index in [2.05, 4.69) is 34.5 Å². The lowest BCUT2D eigenvalue weighted by atomic mass is 10.4. The fourth-order valence-corrected chi connectivity index (χ4v) is 1.37. The highest BCUT2D eigenvalue weighted by Crippen LogP contribution is 2.04. The maximum atomic E-state index is 11.3. The molecule has 0 fully saturated rings. The van der Waals surface area contributed by atoms with Crippen LogP contribution in [0.15, 0.2) is 16.9 Å². The van der Waals surface area contributed by atoms with Crippen LogP contribution < -0.4 is 15.7 Å². The van der Waals surface area contributed by atoms with Crippen LogP contribution in [0.4, 0.5) is 0 Å². The second-order valence-electron chi connectivity index (χ2n) is 3.93. The zero-order valence-corrected chi connectivity index (χ0v) is 9.80. The van der Waals surface area contributed by atoms with Crippen LogP contribution in [-0.4, -0.2) is 39.0 Å². The highest BCUT2D eigenvalue weighted by atomic mass is 16.5. The predicted octanol–water partition coefficient (Wildman–Crippen LogP) is -0.206. The van der Waals surface area contributed by atoms with Crippen LogP contribution in [0.1, 0.15) is 13.8 Å². The monoisotopic (exact) mass is 237 g/mol. The lowest BCUT2D eigenvalue weighted by molar-refractivity contribution is 0.293. The molecule has 7 nitrogen and oxygen atoms in total. The number of rotatable bonds is 5. The molecule has 2 aromatic heterocycles. The number of ether oxygens (including phenoxy) is 1. The van der Waals surface area contributed by atoms with Crippen molar-refractivity contribution < 1.29 is 4.74 Å². The molecule has 2 heterocycles. The third-order valence-electron chi connectivity index (χ3n) is 2.15. The van der Waals surface area contributed by atoms with Gasteiger partial charge >= 0.3 is 5.69 Å². The molecule has 0 saturated carbocycles. The van der Waals surface area contributed by atoms with Crippen LogP contribution in [0.2, 0.25) is 0 Å². The average Bonchev–Trinajstić information content (AvgIpc) is 2.66. The molecule has 0 aromatic carbocycles. The molecule has 7 heteroatoms. The summed E-state index contributed by atoms with van der Waals surface area (Å²) in [5.74, 6) is 0.409. The smallest absolute Gasteiger partial charge is 0.364 e. The first kappa shape index (κ1) is 11.6. The van der Waals surface area contributed by atoms with Crippen LogP contribution in [0.5, 0.6) is 5.88 Å². The number of nitrogens with zero attached hydrogens (tertiary/aromatic N) is 3. The minimum atomic E-state index is -0.370. The maximum Gasteiger partial charge on any atom is 0.364 e. The van der Waals surface area contributed by atoms with Gasteiger partial charge in [-0.2, -0.15) is 9.61 Å². The van der Waals surface area contributed by atoms with E-state index < -0.39 is 0 Å². The molecule has 17 heavy (non-hydrogen) atoms. The van der Waals surface area contributed by atoms with E-state index in [9.17, 15) is 4.79 Å². The summed E-state index contributed by atoms with van der Waals surface area (Å²) in [6.07, 6.45) is 0. The van der Waals surface area contributed by atoms with Crippen molar-refractivity contribution in [2.75, 3.05) is 13.2 Å². The maximum absolute atomic E-state index is 11.3. The van der Waals surface area contributed by atoms with Gasteiger partial charge in [0, 0.05) is 18.7 Å². The van der Waals surface area contributed by atoms with E-state index in [1.807, 2.05) is 0 Å². The number of H-pyrrole nitrogens is 1. The molecule has 0 aliphatic rings. The van der Waals surface area contributed by atoms with Crippen molar-refractivity contribution in [1.82, 2.24) is 25.1 Å². The lowest BCUT2D eigenvalue weighted by Gasteiger charge is -2.08. The Bertz CT molecular complexity index is 545. The summed E-state index contributed by atoms with van der Waals surface area (Å²) in [4.78, 5) is 11.3. The summed E-state index contributed by atoms with van der Waals surface area (Å²) in [7, 11) is 0. The van der Waals surface area contributed by atoms with E-state index in [0.717, 1.165) is 6.54 Å². The van der Waals surface area contributed by atoms with Gasteiger partial charge in [-0.25, -0.2) is 9.89 Å². The van der Waals surface area contributed by atoms with Crippen molar-refractivity contribution in [2.24, 2.45) is 0 Å². The van der Waals surface area contributed by atoms with E-state index in [4.69, 9.17) is 4.74 Å². The van der Waals surface area contributed by atoms with Gasteiger partial charge in [-0.1, -0.05) is 13.8 Å². The SMILES string of the molecule is CC(C)NCCOc1ccc2n[nH]c(=O)n2n1. The first-order valence-electron chi connectivity index (χ1n) is 5.47. The molecule has 92 valence electrons. The Balaban J connectivity index is 1.99. The topological polar surface area (TPSA) is 84.3 Å². The van der Waals surface area contributed by atoms with Gasteiger partial charge < -0.3 is 10.1 Å². The fourth-order valence-electron chi connectivity index (χ4n) is 1.37. The van der Waals surface area contributed by atoms with Gasteiger partial charge in [0.2, 0.25) is 5.88 Å². The fraction of sp³-hybridized carbons (Fsp3) is 0.500. The molecule has 0 amide bonds. The van der Waals surface area contributed by atoms with Crippen molar-refractivity contribution >= 4 is 5.65 Å². The summed E-state index contributed by atoms with van der Waals surface area (Å²) < 4.78 is 6.59. The normalized spacial score (nSPS) is 11.2. The summed E-state index contributed by atoms with van der Waals surface area (Å²) in [6, 6.07) is 3.78. The quantitative estimate of drug-likeness (QED) is 0.703. The number of aromatic nitrogens is 4. The standard InChI is InChI=1S/C10H15N5O2/c1-7(2)11-5-6-17-9-4-3-8-12-13-10(16)15(8)14-9/h3-4,7,11H,5-6H2,1-2H3,(H,13,16). The number of fused-ring (bicyclic) bond motifs is 1. The van der Waals surface area contributed by atoms with Gasteiger partial charge in [0.05, 0.1) is 0 Å². The minimum Gasteiger partial charge on any atom is -0.475 e. The van der Waals surface area contributed by atoms with Gasteiger partial charge in [-0.15, -0.1) is 5.10 Å².